The first-order valence-electron chi connectivity index (χ1n) is 4.72. The first-order chi connectivity index (χ1) is 5.77. The first kappa shape index (κ1) is 9.96. The Morgan fingerprint density at radius 1 is 1.33 bits per heavy atom. The van der Waals surface area contributed by atoms with Crippen molar-refractivity contribution >= 4 is 0 Å². The molecule has 0 bridgehead atoms. The Balaban J connectivity index is 2.25. The summed E-state index contributed by atoms with van der Waals surface area (Å²) in [5, 5.41) is 0. The summed E-state index contributed by atoms with van der Waals surface area (Å²) in [5.41, 5.74) is 0. The summed E-state index contributed by atoms with van der Waals surface area (Å²) in [6.07, 6.45) is 5.62. The van der Waals surface area contributed by atoms with E-state index in [4.69, 9.17) is 10.7 Å². The van der Waals surface area contributed by atoms with Crippen molar-refractivity contribution in [1.29, 1.82) is 0 Å². The van der Waals surface area contributed by atoms with Gasteiger partial charge in [0, 0.05) is 12.8 Å². The summed E-state index contributed by atoms with van der Waals surface area (Å²) in [7, 11) is 1.91. The Morgan fingerprint density at radius 2 is 1.92 bits per heavy atom. The molecule has 1 saturated carbocycles. The van der Waals surface area contributed by atoms with Crippen molar-refractivity contribution < 1.29 is 9.57 Å². The van der Waals surface area contributed by atoms with Crippen molar-refractivity contribution in [2.75, 3.05) is 7.11 Å². The smallest absolute Gasteiger partial charge is 0.154 e. The number of nitrogens with two attached hydrogens (primary N) is 1. The minimum atomic E-state index is 0.211. The van der Waals surface area contributed by atoms with Crippen molar-refractivity contribution in [3.05, 3.63) is 0 Å². The molecule has 72 valence electrons. The van der Waals surface area contributed by atoms with Gasteiger partial charge in [-0.1, -0.05) is 0 Å². The van der Waals surface area contributed by atoms with Gasteiger partial charge in [-0.3, -0.25) is 0 Å². The van der Waals surface area contributed by atoms with E-state index in [0.29, 0.717) is 12.0 Å². The van der Waals surface area contributed by atoms with Gasteiger partial charge < -0.3 is 9.57 Å². The van der Waals surface area contributed by atoms with E-state index in [9.17, 15) is 0 Å². The lowest BCUT2D eigenvalue weighted by Crippen LogP contribution is -2.31. The zero-order valence-electron chi connectivity index (χ0n) is 7.99. The van der Waals surface area contributed by atoms with Crippen molar-refractivity contribution in [2.45, 2.75) is 44.8 Å². The van der Waals surface area contributed by atoms with Gasteiger partial charge in [0.1, 0.15) is 7.11 Å². The summed E-state index contributed by atoms with van der Waals surface area (Å²) >= 11 is 0. The lowest BCUT2D eigenvalue weighted by atomic mass is 9.84. The highest BCUT2D eigenvalue weighted by atomic mass is 16.6. The molecule has 0 heterocycles. The van der Waals surface area contributed by atoms with Crippen LogP contribution in [-0.4, -0.2) is 24.1 Å². The summed E-state index contributed by atoms with van der Waals surface area (Å²) in [5.74, 6) is 5.79. The molecule has 1 aliphatic rings. The maximum absolute atomic E-state index is 5.15. The molecule has 0 aromatic carbocycles. The predicted octanol–water partition coefficient (Wildman–Crippen LogP) is 0.982. The van der Waals surface area contributed by atoms with E-state index in [1.54, 1.807) is 0 Å². The molecule has 3 N–H and O–H groups in total. The van der Waals surface area contributed by atoms with Gasteiger partial charge in [-0.05, 0) is 25.7 Å². The third-order valence-corrected chi connectivity index (χ3v) is 2.99. The molecule has 1 aliphatic carbocycles. The molecule has 0 radical (unpaired) electrons. The Bertz CT molecular complexity index is 122. The van der Waals surface area contributed by atoms with Gasteiger partial charge in [-0.25, -0.2) is 5.90 Å². The van der Waals surface area contributed by atoms with Crippen LogP contribution >= 0.6 is 0 Å². The Morgan fingerprint density at radius 3 is 2.33 bits per heavy atom. The van der Waals surface area contributed by atoms with Gasteiger partial charge >= 0.3 is 0 Å². The van der Waals surface area contributed by atoms with E-state index in [-0.39, 0.29) is 6.10 Å². The fourth-order valence-electron chi connectivity index (χ4n) is 1.94. The number of hydrogen-bond acceptors (Lipinski definition) is 2. The molecule has 12 heavy (non-hydrogen) atoms. The molecule has 0 saturated heterocycles. The molecule has 0 aliphatic heterocycles. The van der Waals surface area contributed by atoms with Crippen LogP contribution in [0.3, 0.4) is 0 Å². The Labute approximate surface area is 74.2 Å². The van der Waals surface area contributed by atoms with Crippen molar-refractivity contribution in [3.63, 3.8) is 0 Å². The molecule has 3 nitrogen and oxygen atoms in total. The van der Waals surface area contributed by atoms with E-state index >= 15 is 0 Å². The highest BCUT2D eigenvalue weighted by molar-refractivity contribution is 4.75. The van der Waals surface area contributed by atoms with Crippen LogP contribution in [0.5, 0.6) is 0 Å². The highest BCUT2D eigenvalue weighted by Gasteiger charge is 2.27. The molecule has 0 spiro atoms. The van der Waals surface area contributed by atoms with E-state index in [2.05, 4.69) is 4.74 Å². The lowest BCUT2D eigenvalue weighted by molar-refractivity contribution is -0.0949. The summed E-state index contributed by atoms with van der Waals surface area (Å²) in [4.78, 5) is 4.83. The topological polar surface area (TPSA) is 48.0 Å². The zero-order valence-corrected chi connectivity index (χ0v) is 7.99. The number of hydrogen-bond donors (Lipinski definition) is 1. The summed E-state index contributed by atoms with van der Waals surface area (Å²) < 4.78 is 4.30. The standard InChI is InChI=1S/C9H19NO2/c1-7(12-10)8-3-5-9(11-2)6-4-8/h7-9H,3-6,10H2,1-2H3/p+1/t7-,8?,9?/m0/s1. The van der Waals surface area contributed by atoms with Gasteiger partial charge in [0.05, 0.1) is 6.10 Å². The van der Waals surface area contributed by atoms with Crippen molar-refractivity contribution in [3.8, 4) is 0 Å². The second-order valence-electron chi connectivity index (χ2n) is 3.67. The average Bonchev–Trinajstić information content (AvgIpc) is 2.17. The second-order valence-corrected chi connectivity index (χ2v) is 3.67. The van der Waals surface area contributed by atoms with Crippen LogP contribution in [0.25, 0.3) is 0 Å². The summed E-state index contributed by atoms with van der Waals surface area (Å²) in [6.45, 7) is 2.05. The molecule has 0 unspecified atom stereocenters. The molecule has 1 fully saturated rings. The molecule has 3 heteroatoms. The van der Waals surface area contributed by atoms with Crippen LogP contribution in [-0.2, 0) is 4.84 Å². The molecule has 0 aromatic rings. The minimum Gasteiger partial charge on any atom is -0.434 e. The number of ether oxygens (including phenoxy) is 1. The van der Waals surface area contributed by atoms with Gasteiger partial charge in [-0.2, -0.15) is 0 Å². The predicted molar refractivity (Wildman–Crippen MR) is 48.6 cm³/mol. The largest absolute Gasteiger partial charge is 0.434 e. The number of rotatable bonds is 3. The Kier molecular flexibility index (Phi) is 3.98. The molecular formula is C9H20NO2+. The zero-order chi connectivity index (χ0) is 8.97. The molecule has 1 atom stereocenters. The van der Waals surface area contributed by atoms with Crippen LogP contribution in [0.4, 0.5) is 0 Å². The highest BCUT2D eigenvalue weighted by Crippen LogP contribution is 2.28. The maximum Gasteiger partial charge on any atom is 0.154 e. The molecule has 0 aromatic heterocycles. The summed E-state index contributed by atoms with van der Waals surface area (Å²) in [6, 6.07) is 0. The average molecular weight is 174 g/mol. The van der Waals surface area contributed by atoms with Gasteiger partial charge in [0.25, 0.3) is 0 Å². The molecular weight excluding hydrogens is 154 g/mol. The van der Waals surface area contributed by atoms with E-state index in [0.717, 1.165) is 0 Å². The first-order valence-corrected chi connectivity index (χ1v) is 4.72. The van der Waals surface area contributed by atoms with Crippen molar-refractivity contribution in [2.24, 2.45) is 11.8 Å². The second kappa shape index (κ2) is 4.80. The molecule has 0 amide bonds. The fraction of sp³-hybridized carbons (Fsp3) is 1.00. The van der Waals surface area contributed by atoms with Crippen LogP contribution < -0.4 is 5.90 Å². The van der Waals surface area contributed by atoms with Crippen LogP contribution in [0.2, 0.25) is 0 Å². The third-order valence-electron chi connectivity index (χ3n) is 2.99. The molecule has 1 rings (SSSR count). The third kappa shape index (κ3) is 2.44. The normalized spacial score (nSPS) is 33.2. The van der Waals surface area contributed by atoms with E-state index in [1.807, 2.05) is 14.0 Å². The quantitative estimate of drug-likeness (QED) is 0.512. The lowest BCUT2D eigenvalue weighted by Gasteiger charge is -2.28. The van der Waals surface area contributed by atoms with E-state index < -0.39 is 0 Å². The van der Waals surface area contributed by atoms with Crippen LogP contribution in [0.15, 0.2) is 0 Å². The van der Waals surface area contributed by atoms with Crippen LogP contribution in [0, 0.1) is 5.92 Å². The van der Waals surface area contributed by atoms with Gasteiger partial charge in [0.15, 0.2) is 6.10 Å². The SMILES string of the molecule is C[OH+]C1CCC([C@H](C)ON)CC1. The van der Waals surface area contributed by atoms with E-state index in [1.165, 1.54) is 25.7 Å². The van der Waals surface area contributed by atoms with Gasteiger partial charge in [0.2, 0.25) is 0 Å². The fourth-order valence-corrected chi connectivity index (χ4v) is 1.94. The monoisotopic (exact) mass is 174 g/mol. The van der Waals surface area contributed by atoms with Crippen LogP contribution in [0.1, 0.15) is 32.6 Å². The Hall–Kier alpha value is -0.120. The van der Waals surface area contributed by atoms with Gasteiger partial charge in [-0.15, -0.1) is 0 Å². The maximum atomic E-state index is 5.15. The van der Waals surface area contributed by atoms with Crippen molar-refractivity contribution in [1.82, 2.24) is 0 Å². The number of aliphatic hydroxyl groups is 2. The minimum absolute atomic E-state index is 0.211.